The molecule has 0 saturated carbocycles. The fourth-order valence-corrected chi connectivity index (χ4v) is 3.42. The van der Waals surface area contributed by atoms with E-state index in [0.717, 1.165) is 12.3 Å². The molecule has 2 heterocycles. The van der Waals surface area contributed by atoms with E-state index in [1.807, 2.05) is 18.7 Å². The van der Waals surface area contributed by atoms with E-state index >= 15 is 0 Å². The summed E-state index contributed by atoms with van der Waals surface area (Å²) < 4.78 is 0. The van der Waals surface area contributed by atoms with Gasteiger partial charge in [-0.2, -0.15) is 11.8 Å². The van der Waals surface area contributed by atoms with E-state index in [2.05, 4.69) is 15.6 Å². The van der Waals surface area contributed by atoms with E-state index < -0.39 is 0 Å². The molecule has 1 saturated heterocycles. The molecule has 0 bridgehead atoms. The Kier molecular flexibility index (Phi) is 5.34. The Balaban J connectivity index is 1.98. The van der Waals surface area contributed by atoms with Gasteiger partial charge in [0, 0.05) is 13.1 Å². The Hall–Kier alpha value is -0.940. The fourth-order valence-electron chi connectivity index (χ4n) is 1.95. The molecule has 1 aliphatic heterocycles. The summed E-state index contributed by atoms with van der Waals surface area (Å²) in [6, 6.07) is 3.48. The highest BCUT2D eigenvalue weighted by molar-refractivity contribution is 7.99. The summed E-state index contributed by atoms with van der Waals surface area (Å²) in [5, 5.41) is 6.39. The van der Waals surface area contributed by atoms with Crippen molar-refractivity contribution in [2.24, 2.45) is 5.92 Å². The average molecular weight is 300 g/mol. The van der Waals surface area contributed by atoms with E-state index in [0.29, 0.717) is 29.0 Å². The van der Waals surface area contributed by atoms with Crippen LogP contribution in [-0.4, -0.2) is 35.5 Å². The minimum atomic E-state index is -0.193. The molecule has 0 radical (unpaired) electrons. The van der Waals surface area contributed by atoms with Gasteiger partial charge in [0.05, 0.1) is 5.02 Å². The highest BCUT2D eigenvalue weighted by Crippen LogP contribution is 2.23. The van der Waals surface area contributed by atoms with Gasteiger partial charge in [0.25, 0.3) is 5.91 Å². The van der Waals surface area contributed by atoms with Crippen LogP contribution < -0.4 is 10.6 Å². The van der Waals surface area contributed by atoms with Gasteiger partial charge < -0.3 is 10.6 Å². The number of hydrogen-bond donors (Lipinski definition) is 2. The van der Waals surface area contributed by atoms with Gasteiger partial charge in [0.15, 0.2) is 0 Å². The number of carbonyl (C=O) groups is 1. The van der Waals surface area contributed by atoms with E-state index in [1.54, 1.807) is 12.1 Å². The number of hydrogen-bond acceptors (Lipinski definition) is 4. The van der Waals surface area contributed by atoms with Gasteiger partial charge in [-0.25, -0.2) is 4.98 Å². The van der Waals surface area contributed by atoms with Crippen molar-refractivity contribution in [1.29, 1.82) is 0 Å². The number of anilines is 1. The lowest BCUT2D eigenvalue weighted by Gasteiger charge is -2.11. The Labute approximate surface area is 122 Å². The molecule has 1 aliphatic rings. The van der Waals surface area contributed by atoms with Gasteiger partial charge in [-0.1, -0.05) is 11.6 Å². The maximum atomic E-state index is 12.1. The van der Waals surface area contributed by atoms with Gasteiger partial charge in [-0.3, -0.25) is 4.79 Å². The van der Waals surface area contributed by atoms with Crippen LogP contribution in [0, 0.1) is 5.92 Å². The zero-order valence-corrected chi connectivity index (χ0v) is 12.5. The fraction of sp³-hybridized carbons (Fsp3) is 0.538. The van der Waals surface area contributed by atoms with Crippen molar-refractivity contribution in [3.63, 3.8) is 0 Å². The molecule has 2 rings (SSSR count). The van der Waals surface area contributed by atoms with Crippen LogP contribution in [0.3, 0.4) is 0 Å². The molecule has 0 aromatic carbocycles. The highest BCUT2D eigenvalue weighted by atomic mass is 35.5. The molecule has 104 valence electrons. The van der Waals surface area contributed by atoms with Crippen molar-refractivity contribution >= 4 is 35.1 Å². The number of amides is 1. The van der Waals surface area contributed by atoms with E-state index in [9.17, 15) is 4.79 Å². The second-order valence-corrected chi connectivity index (χ2v) is 6.05. The summed E-state index contributed by atoms with van der Waals surface area (Å²) in [4.78, 5) is 16.3. The smallest absolute Gasteiger partial charge is 0.271 e. The number of aromatic nitrogens is 1. The van der Waals surface area contributed by atoms with Crippen molar-refractivity contribution in [3.05, 3.63) is 22.8 Å². The third kappa shape index (κ3) is 4.01. The van der Waals surface area contributed by atoms with Crippen molar-refractivity contribution in [2.45, 2.75) is 13.3 Å². The first kappa shape index (κ1) is 14.5. The van der Waals surface area contributed by atoms with Crippen LogP contribution in [0.25, 0.3) is 0 Å². The predicted molar refractivity (Wildman–Crippen MR) is 81.2 cm³/mol. The van der Waals surface area contributed by atoms with Crippen LogP contribution in [-0.2, 0) is 0 Å². The maximum Gasteiger partial charge on any atom is 0.271 e. The first-order chi connectivity index (χ1) is 9.20. The number of rotatable bonds is 5. The van der Waals surface area contributed by atoms with Crippen LogP contribution in [0.4, 0.5) is 5.82 Å². The summed E-state index contributed by atoms with van der Waals surface area (Å²) in [7, 11) is 0. The topological polar surface area (TPSA) is 54.0 Å². The monoisotopic (exact) mass is 299 g/mol. The molecular weight excluding hydrogens is 282 g/mol. The summed E-state index contributed by atoms with van der Waals surface area (Å²) in [5.74, 6) is 3.37. The molecule has 1 amide bonds. The lowest BCUT2D eigenvalue weighted by atomic mass is 10.1. The van der Waals surface area contributed by atoms with Crippen molar-refractivity contribution in [2.75, 3.05) is 29.9 Å². The first-order valence-electron chi connectivity index (χ1n) is 6.47. The van der Waals surface area contributed by atoms with E-state index in [1.165, 1.54) is 12.2 Å². The molecule has 1 aromatic heterocycles. The SMILES string of the molecule is CCNc1ccc(Cl)c(C(=O)NCC2CCSC2)n1. The Morgan fingerprint density at radius 1 is 1.58 bits per heavy atom. The molecule has 0 aliphatic carbocycles. The van der Waals surface area contributed by atoms with Crippen LogP contribution in [0.5, 0.6) is 0 Å². The Bertz CT molecular complexity index is 450. The zero-order chi connectivity index (χ0) is 13.7. The minimum absolute atomic E-state index is 0.193. The van der Waals surface area contributed by atoms with E-state index in [4.69, 9.17) is 11.6 Å². The molecule has 1 unspecified atom stereocenters. The van der Waals surface area contributed by atoms with Gasteiger partial charge in [0.2, 0.25) is 0 Å². The number of thioether (sulfide) groups is 1. The van der Waals surface area contributed by atoms with Crippen LogP contribution in [0.2, 0.25) is 5.02 Å². The highest BCUT2D eigenvalue weighted by Gasteiger charge is 2.18. The second-order valence-electron chi connectivity index (χ2n) is 4.50. The molecule has 0 spiro atoms. The van der Waals surface area contributed by atoms with Crippen LogP contribution >= 0.6 is 23.4 Å². The van der Waals surface area contributed by atoms with Crippen molar-refractivity contribution in [3.8, 4) is 0 Å². The van der Waals surface area contributed by atoms with E-state index in [-0.39, 0.29) is 5.91 Å². The molecule has 1 atom stereocenters. The maximum absolute atomic E-state index is 12.1. The van der Waals surface area contributed by atoms with Crippen LogP contribution in [0.1, 0.15) is 23.8 Å². The number of nitrogens with one attached hydrogen (secondary N) is 2. The third-order valence-corrected chi connectivity index (χ3v) is 4.53. The third-order valence-electron chi connectivity index (χ3n) is 2.99. The normalized spacial score (nSPS) is 18.3. The van der Waals surface area contributed by atoms with Gasteiger partial charge in [0.1, 0.15) is 11.5 Å². The summed E-state index contributed by atoms with van der Waals surface area (Å²) >= 11 is 7.97. The summed E-state index contributed by atoms with van der Waals surface area (Å²) in [6.45, 7) is 3.44. The zero-order valence-electron chi connectivity index (χ0n) is 10.9. The molecule has 1 fully saturated rings. The summed E-state index contributed by atoms with van der Waals surface area (Å²) in [5.41, 5.74) is 0.297. The summed E-state index contributed by atoms with van der Waals surface area (Å²) in [6.07, 6.45) is 1.17. The lowest BCUT2D eigenvalue weighted by molar-refractivity contribution is 0.0944. The first-order valence-corrected chi connectivity index (χ1v) is 8.00. The van der Waals surface area contributed by atoms with Crippen molar-refractivity contribution in [1.82, 2.24) is 10.3 Å². The molecular formula is C13H18ClN3OS. The largest absolute Gasteiger partial charge is 0.370 e. The number of nitrogens with zero attached hydrogens (tertiary/aromatic N) is 1. The number of pyridine rings is 1. The van der Waals surface area contributed by atoms with Crippen LogP contribution in [0.15, 0.2) is 12.1 Å². The lowest BCUT2D eigenvalue weighted by Crippen LogP contribution is -2.30. The quantitative estimate of drug-likeness (QED) is 0.877. The Morgan fingerprint density at radius 3 is 3.11 bits per heavy atom. The van der Waals surface area contributed by atoms with Gasteiger partial charge in [-0.05, 0) is 42.9 Å². The molecule has 2 N–H and O–H groups in total. The second kappa shape index (κ2) is 7.01. The predicted octanol–water partition coefficient (Wildman–Crippen LogP) is 2.65. The van der Waals surface area contributed by atoms with Gasteiger partial charge in [-0.15, -0.1) is 0 Å². The van der Waals surface area contributed by atoms with Crippen molar-refractivity contribution < 1.29 is 4.79 Å². The minimum Gasteiger partial charge on any atom is -0.370 e. The average Bonchev–Trinajstić information content (AvgIpc) is 2.92. The molecule has 6 heteroatoms. The van der Waals surface area contributed by atoms with Gasteiger partial charge >= 0.3 is 0 Å². The molecule has 4 nitrogen and oxygen atoms in total. The number of carbonyl (C=O) groups excluding carboxylic acids is 1. The number of halogens is 1. The Morgan fingerprint density at radius 2 is 2.42 bits per heavy atom. The standard InChI is InChI=1S/C13H18ClN3OS/c1-2-15-11-4-3-10(14)12(17-11)13(18)16-7-9-5-6-19-8-9/h3-4,9H,2,5-8H2,1H3,(H,15,17)(H,16,18). The molecule has 19 heavy (non-hydrogen) atoms. The molecule has 1 aromatic rings.